The Bertz CT molecular complexity index is 915. The van der Waals surface area contributed by atoms with Crippen molar-refractivity contribution < 1.29 is 9.53 Å². The Morgan fingerprint density at radius 1 is 0.889 bits per heavy atom. The molecule has 0 aliphatic rings. The molecule has 0 saturated heterocycles. The second-order valence-corrected chi connectivity index (χ2v) is 6.28. The maximum Gasteiger partial charge on any atom is 0.277 e. The lowest BCUT2D eigenvalue weighted by atomic mass is 10.1. The van der Waals surface area contributed by atoms with Gasteiger partial charge in [0.25, 0.3) is 5.91 Å². The van der Waals surface area contributed by atoms with Gasteiger partial charge in [0.15, 0.2) is 6.61 Å². The third-order valence-corrected chi connectivity index (χ3v) is 4.15. The molecule has 1 N–H and O–H groups in total. The van der Waals surface area contributed by atoms with Gasteiger partial charge in [0, 0.05) is 0 Å². The van der Waals surface area contributed by atoms with Gasteiger partial charge in [0.05, 0.1) is 5.71 Å². The van der Waals surface area contributed by atoms with Crippen molar-refractivity contribution in [3.05, 3.63) is 90.0 Å². The average Bonchev–Trinajstić information content (AvgIpc) is 2.72. The summed E-state index contributed by atoms with van der Waals surface area (Å²) in [6.07, 6.45) is 0. The summed E-state index contributed by atoms with van der Waals surface area (Å²) in [5, 5.41) is 4.13. The van der Waals surface area contributed by atoms with Gasteiger partial charge in [-0.1, -0.05) is 72.3 Å². The third-order valence-electron chi connectivity index (χ3n) is 4.15. The standard InChI is InChI=1S/C23H22N2O2/c1-17-8-10-19(11-9-17)18(2)24-25-23(26)16-27-22-14-12-21(13-15-22)20-6-4-3-5-7-20/h3-15H,16H2,1-2H3,(H,25,26). The summed E-state index contributed by atoms with van der Waals surface area (Å²) in [7, 11) is 0. The van der Waals surface area contributed by atoms with Crippen molar-refractivity contribution in [2.75, 3.05) is 6.61 Å². The van der Waals surface area contributed by atoms with Crippen molar-refractivity contribution in [2.45, 2.75) is 13.8 Å². The van der Waals surface area contributed by atoms with Crippen LogP contribution < -0.4 is 10.2 Å². The van der Waals surface area contributed by atoms with Gasteiger partial charge < -0.3 is 4.74 Å². The van der Waals surface area contributed by atoms with E-state index in [4.69, 9.17) is 4.74 Å². The van der Waals surface area contributed by atoms with Gasteiger partial charge in [0.2, 0.25) is 0 Å². The molecule has 0 aromatic heterocycles. The predicted octanol–water partition coefficient (Wildman–Crippen LogP) is 4.58. The molecule has 0 atom stereocenters. The van der Waals surface area contributed by atoms with Crippen molar-refractivity contribution in [3.63, 3.8) is 0 Å². The average molecular weight is 358 g/mol. The zero-order valence-corrected chi connectivity index (χ0v) is 15.5. The van der Waals surface area contributed by atoms with Crippen LogP contribution in [0.3, 0.4) is 0 Å². The number of nitrogens with one attached hydrogen (secondary N) is 1. The lowest BCUT2D eigenvalue weighted by Crippen LogP contribution is -2.25. The number of carbonyl (C=O) groups is 1. The minimum absolute atomic E-state index is 0.0879. The van der Waals surface area contributed by atoms with Crippen LogP contribution in [0.4, 0.5) is 0 Å². The first-order valence-electron chi connectivity index (χ1n) is 8.80. The largest absolute Gasteiger partial charge is 0.484 e. The molecule has 0 heterocycles. The zero-order valence-electron chi connectivity index (χ0n) is 15.5. The summed E-state index contributed by atoms with van der Waals surface area (Å²) in [6, 6.07) is 25.7. The number of hydrogen-bond acceptors (Lipinski definition) is 3. The van der Waals surface area contributed by atoms with Crippen LogP contribution in [0.2, 0.25) is 0 Å². The molecule has 0 saturated carbocycles. The Morgan fingerprint density at radius 2 is 1.52 bits per heavy atom. The van der Waals surface area contributed by atoms with E-state index in [0.717, 1.165) is 22.4 Å². The van der Waals surface area contributed by atoms with E-state index in [-0.39, 0.29) is 12.5 Å². The van der Waals surface area contributed by atoms with E-state index >= 15 is 0 Å². The highest BCUT2D eigenvalue weighted by atomic mass is 16.5. The van der Waals surface area contributed by atoms with E-state index < -0.39 is 0 Å². The van der Waals surface area contributed by atoms with Crippen LogP contribution >= 0.6 is 0 Å². The van der Waals surface area contributed by atoms with E-state index in [0.29, 0.717) is 5.75 Å². The fourth-order valence-electron chi connectivity index (χ4n) is 2.56. The highest BCUT2D eigenvalue weighted by molar-refractivity contribution is 5.99. The van der Waals surface area contributed by atoms with Crippen LogP contribution in [-0.2, 0) is 4.79 Å². The summed E-state index contributed by atoms with van der Waals surface area (Å²) in [6.45, 7) is 3.80. The number of rotatable bonds is 6. The molecular weight excluding hydrogens is 336 g/mol. The van der Waals surface area contributed by atoms with E-state index in [1.54, 1.807) is 0 Å². The molecule has 0 bridgehead atoms. The predicted molar refractivity (Wildman–Crippen MR) is 109 cm³/mol. The summed E-state index contributed by atoms with van der Waals surface area (Å²) >= 11 is 0. The van der Waals surface area contributed by atoms with Crippen LogP contribution in [0.15, 0.2) is 84.0 Å². The molecule has 136 valence electrons. The molecule has 3 aromatic rings. The first kappa shape index (κ1) is 18.4. The fourth-order valence-corrected chi connectivity index (χ4v) is 2.56. The monoisotopic (exact) mass is 358 g/mol. The molecule has 0 aliphatic heterocycles. The Morgan fingerprint density at radius 3 is 2.19 bits per heavy atom. The molecule has 3 aromatic carbocycles. The van der Waals surface area contributed by atoms with Gasteiger partial charge >= 0.3 is 0 Å². The minimum atomic E-state index is -0.298. The Kier molecular flexibility index (Phi) is 6.00. The zero-order chi connectivity index (χ0) is 19.1. The number of nitrogens with zero attached hydrogens (tertiary/aromatic N) is 1. The van der Waals surface area contributed by atoms with Crippen molar-refractivity contribution in [1.82, 2.24) is 5.43 Å². The first-order chi connectivity index (χ1) is 13.1. The smallest absolute Gasteiger partial charge is 0.277 e. The van der Waals surface area contributed by atoms with Gasteiger partial charge in [-0.15, -0.1) is 0 Å². The molecule has 0 radical (unpaired) electrons. The molecule has 0 spiro atoms. The second kappa shape index (κ2) is 8.81. The molecule has 27 heavy (non-hydrogen) atoms. The van der Waals surface area contributed by atoms with Crippen LogP contribution in [0, 0.1) is 6.92 Å². The normalized spacial score (nSPS) is 11.1. The number of carbonyl (C=O) groups excluding carboxylic acids is 1. The lowest BCUT2D eigenvalue weighted by Gasteiger charge is -2.07. The van der Waals surface area contributed by atoms with Crippen molar-refractivity contribution >= 4 is 11.6 Å². The minimum Gasteiger partial charge on any atom is -0.484 e. The van der Waals surface area contributed by atoms with Crippen LogP contribution in [0.5, 0.6) is 5.75 Å². The summed E-state index contributed by atoms with van der Waals surface area (Å²) < 4.78 is 5.53. The maximum atomic E-state index is 12.0. The van der Waals surface area contributed by atoms with E-state index in [2.05, 4.69) is 22.7 Å². The topological polar surface area (TPSA) is 50.7 Å². The van der Waals surface area contributed by atoms with Gasteiger partial charge in [-0.3, -0.25) is 4.79 Å². The number of benzene rings is 3. The Labute approximate surface area is 159 Å². The number of hydrogen-bond donors (Lipinski definition) is 1. The van der Waals surface area contributed by atoms with Gasteiger partial charge in [-0.25, -0.2) is 5.43 Å². The van der Waals surface area contributed by atoms with Gasteiger partial charge in [-0.2, -0.15) is 5.10 Å². The SMILES string of the molecule is CC(=NNC(=O)COc1ccc(-c2ccccc2)cc1)c1ccc(C)cc1. The van der Waals surface area contributed by atoms with E-state index in [1.165, 1.54) is 5.56 Å². The van der Waals surface area contributed by atoms with Crippen LogP contribution in [0.1, 0.15) is 18.1 Å². The van der Waals surface area contributed by atoms with Crippen molar-refractivity contribution in [3.8, 4) is 16.9 Å². The highest BCUT2D eigenvalue weighted by Crippen LogP contribution is 2.21. The number of hydrazone groups is 1. The fraction of sp³-hybridized carbons (Fsp3) is 0.130. The lowest BCUT2D eigenvalue weighted by molar-refractivity contribution is -0.123. The summed E-state index contributed by atoms with van der Waals surface area (Å²) in [4.78, 5) is 12.0. The van der Waals surface area contributed by atoms with Gasteiger partial charge in [-0.05, 0) is 42.7 Å². The van der Waals surface area contributed by atoms with Crippen molar-refractivity contribution in [1.29, 1.82) is 0 Å². The molecule has 0 fully saturated rings. The Hall–Kier alpha value is -3.40. The number of ether oxygens (including phenoxy) is 1. The Balaban J connectivity index is 1.51. The molecule has 4 heteroatoms. The summed E-state index contributed by atoms with van der Waals surface area (Å²) in [5.41, 5.74) is 7.67. The molecule has 0 unspecified atom stereocenters. The van der Waals surface area contributed by atoms with Gasteiger partial charge in [0.1, 0.15) is 5.75 Å². The maximum absolute atomic E-state index is 12.0. The molecule has 3 rings (SSSR count). The quantitative estimate of drug-likeness (QED) is 0.518. The van der Waals surface area contributed by atoms with E-state index in [1.807, 2.05) is 80.6 Å². The number of amides is 1. The summed E-state index contributed by atoms with van der Waals surface area (Å²) in [5.74, 6) is 0.345. The molecular formula is C23H22N2O2. The van der Waals surface area contributed by atoms with Crippen LogP contribution in [0.25, 0.3) is 11.1 Å². The molecule has 0 aliphatic carbocycles. The molecule has 4 nitrogen and oxygen atoms in total. The van der Waals surface area contributed by atoms with Crippen LogP contribution in [-0.4, -0.2) is 18.2 Å². The van der Waals surface area contributed by atoms with Crippen molar-refractivity contribution in [2.24, 2.45) is 5.10 Å². The number of aryl methyl sites for hydroxylation is 1. The highest BCUT2D eigenvalue weighted by Gasteiger charge is 2.04. The third kappa shape index (κ3) is 5.28. The molecule has 1 amide bonds. The first-order valence-corrected chi connectivity index (χ1v) is 8.80. The second-order valence-electron chi connectivity index (χ2n) is 6.28. The van der Waals surface area contributed by atoms with E-state index in [9.17, 15) is 4.79 Å².